The van der Waals surface area contributed by atoms with E-state index in [9.17, 15) is 9.90 Å². The summed E-state index contributed by atoms with van der Waals surface area (Å²) in [5.41, 5.74) is 6.47. The average molecular weight is 633 g/mol. The number of aryl methyl sites for hydroxylation is 2. The molecule has 0 saturated carbocycles. The molecule has 0 radical (unpaired) electrons. The molecule has 1 fully saturated rings. The highest BCUT2D eigenvalue weighted by atomic mass is 35.5. The monoisotopic (exact) mass is 632 g/mol. The molecule has 230 valence electrons. The van der Waals surface area contributed by atoms with Crippen LogP contribution < -0.4 is 0 Å². The van der Waals surface area contributed by atoms with Crippen molar-refractivity contribution in [1.29, 1.82) is 0 Å². The molecular formula is C34H37ClN4O4S. The molecule has 6 rings (SSSR count). The first kappa shape index (κ1) is 30.7. The standard InChI is InChI=1S/C34H37ClN4O4S/c1-19-15-25-31(28(20-7-10-23(35)11-8-20)27(19)30(33(40)41)43-34(2,3)4)44-32(36-25)21-9-12-26-24(16-21)29(37-38(26)5)22-17-39(18-22)13-14-42-6/h7-12,15-16,22,30H,13-14,17-18H2,1-6H3,(H,40,41)/t30-/m0/s1. The van der Waals surface area contributed by atoms with Crippen molar-refractivity contribution in [2.75, 3.05) is 33.4 Å². The van der Waals surface area contributed by atoms with Crippen LogP contribution in [0.5, 0.6) is 0 Å². The van der Waals surface area contributed by atoms with E-state index >= 15 is 0 Å². The van der Waals surface area contributed by atoms with Crippen molar-refractivity contribution in [2.45, 2.75) is 45.3 Å². The summed E-state index contributed by atoms with van der Waals surface area (Å²) < 4.78 is 14.3. The number of rotatable bonds is 9. The Labute approximate surface area is 266 Å². The second kappa shape index (κ2) is 11.9. The number of methoxy groups -OCH3 is 1. The van der Waals surface area contributed by atoms with Crippen LogP contribution in [-0.4, -0.2) is 69.7 Å². The highest BCUT2D eigenvalue weighted by Gasteiger charge is 2.33. The maximum Gasteiger partial charge on any atom is 0.337 e. The molecule has 1 atom stereocenters. The predicted molar refractivity (Wildman–Crippen MR) is 177 cm³/mol. The van der Waals surface area contributed by atoms with Crippen LogP contribution in [0.1, 0.15) is 49.6 Å². The lowest BCUT2D eigenvalue weighted by atomic mass is 9.91. The van der Waals surface area contributed by atoms with Gasteiger partial charge in [0.15, 0.2) is 6.10 Å². The van der Waals surface area contributed by atoms with Gasteiger partial charge in [0.2, 0.25) is 0 Å². The van der Waals surface area contributed by atoms with E-state index < -0.39 is 17.7 Å². The molecule has 0 bridgehead atoms. The van der Waals surface area contributed by atoms with E-state index in [0.29, 0.717) is 16.5 Å². The van der Waals surface area contributed by atoms with Gasteiger partial charge >= 0.3 is 5.97 Å². The number of carboxylic acids is 1. The van der Waals surface area contributed by atoms with Crippen molar-refractivity contribution in [3.05, 3.63) is 70.4 Å². The van der Waals surface area contributed by atoms with Crippen molar-refractivity contribution in [2.24, 2.45) is 7.05 Å². The lowest BCUT2D eigenvalue weighted by molar-refractivity contribution is -0.160. The fourth-order valence-corrected chi connectivity index (χ4v) is 7.28. The molecular weight excluding hydrogens is 596 g/mol. The van der Waals surface area contributed by atoms with Gasteiger partial charge in [-0.3, -0.25) is 9.58 Å². The molecule has 1 saturated heterocycles. The SMILES string of the molecule is COCCN1CC(c2nn(C)c3ccc(-c4nc5cc(C)c([C@H](OC(C)(C)C)C(=O)O)c(-c6ccc(Cl)cc6)c5s4)cc23)C1. The minimum atomic E-state index is -1.16. The Balaban J connectivity index is 1.48. The van der Waals surface area contributed by atoms with Crippen molar-refractivity contribution < 1.29 is 19.4 Å². The van der Waals surface area contributed by atoms with E-state index in [1.54, 1.807) is 18.4 Å². The third-order valence-electron chi connectivity index (χ3n) is 8.10. The number of likely N-dealkylation sites (tertiary alicyclic amines) is 1. The zero-order valence-electron chi connectivity index (χ0n) is 25.8. The minimum Gasteiger partial charge on any atom is -0.479 e. The van der Waals surface area contributed by atoms with Gasteiger partial charge in [-0.1, -0.05) is 23.7 Å². The summed E-state index contributed by atoms with van der Waals surface area (Å²) in [5.74, 6) is -0.660. The quantitative estimate of drug-likeness (QED) is 0.180. The summed E-state index contributed by atoms with van der Waals surface area (Å²) >= 11 is 7.82. The molecule has 0 aliphatic carbocycles. The maximum absolute atomic E-state index is 12.7. The summed E-state index contributed by atoms with van der Waals surface area (Å²) in [6.45, 7) is 11.1. The number of hydrogen-bond acceptors (Lipinski definition) is 7. The Morgan fingerprint density at radius 1 is 1.14 bits per heavy atom. The summed E-state index contributed by atoms with van der Waals surface area (Å²) in [5, 5.41) is 17.9. The summed E-state index contributed by atoms with van der Waals surface area (Å²) in [6, 6.07) is 15.9. The number of carboxylic acid groups (broad SMARTS) is 1. The largest absolute Gasteiger partial charge is 0.479 e. The van der Waals surface area contributed by atoms with Crippen LogP contribution in [0.2, 0.25) is 5.02 Å². The number of ether oxygens (including phenoxy) is 2. The Bertz CT molecular complexity index is 1850. The summed E-state index contributed by atoms with van der Waals surface area (Å²) in [7, 11) is 3.73. The third kappa shape index (κ3) is 5.87. The molecule has 0 unspecified atom stereocenters. The topological polar surface area (TPSA) is 89.7 Å². The number of aliphatic carboxylic acids is 1. The van der Waals surface area contributed by atoms with Gasteiger partial charge in [-0.25, -0.2) is 9.78 Å². The molecule has 0 amide bonds. The van der Waals surface area contributed by atoms with E-state index in [2.05, 4.69) is 23.1 Å². The van der Waals surface area contributed by atoms with Crippen LogP contribution >= 0.6 is 22.9 Å². The molecule has 44 heavy (non-hydrogen) atoms. The molecule has 10 heteroatoms. The molecule has 3 heterocycles. The Hall–Kier alpha value is -3.34. The van der Waals surface area contributed by atoms with Gasteiger partial charge in [0.1, 0.15) is 5.01 Å². The number of nitrogens with zero attached hydrogens (tertiary/aromatic N) is 4. The number of fused-ring (bicyclic) bond motifs is 2. The van der Waals surface area contributed by atoms with Crippen molar-refractivity contribution >= 4 is 50.0 Å². The summed E-state index contributed by atoms with van der Waals surface area (Å²) in [4.78, 5) is 20.1. The fraction of sp³-hybridized carbons (Fsp3) is 0.382. The number of hydrogen-bond donors (Lipinski definition) is 1. The van der Waals surface area contributed by atoms with E-state index in [1.165, 1.54) is 0 Å². The Morgan fingerprint density at radius 3 is 2.50 bits per heavy atom. The van der Waals surface area contributed by atoms with E-state index in [0.717, 1.165) is 80.3 Å². The minimum absolute atomic E-state index is 0.374. The number of thiazole rings is 1. The van der Waals surface area contributed by atoms with E-state index in [4.69, 9.17) is 31.2 Å². The normalized spacial score (nSPS) is 15.2. The van der Waals surface area contributed by atoms with Gasteiger partial charge in [-0.15, -0.1) is 11.3 Å². The van der Waals surface area contributed by atoms with Crippen LogP contribution in [-0.2, 0) is 21.3 Å². The predicted octanol–water partition coefficient (Wildman–Crippen LogP) is 7.47. The van der Waals surface area contributed by atoms with Crippen molar-refractivity contribution in [3.8, 4) is 21.7 Å². The van der Waals surface area contributed by atoms with Crippen molar-refractivity contribution in [3.63, 3.8) is 0 Å². The molecule has 1 aliphatic rings. The van der Waals surface area contributed by atoms with Crippen molar-refractivity contribution in [1.82, 2.24) is 19.7 Å². The highest BCUT2D eigenvalue weighted by Crippen LogP contribution is 2.45. The van der Waals surface area contributed by atoms with Gasteiger partial charge in [0.25, 0.3) is 0 Å². The van der Waals surface area contributed by atoms with E-state index in [-0.39, 0.29) is 0 Å². The zero-order chi connectivity index (χ0) is 31.3. The van der Waals surface area contributed by atoms with Crippen LogP contribution in [0.4, 0.5) is 0 Å². The highest BCUT2D eigenvalue weighted by molar-refractivity contribution is 7.22. The molecule has 8 nitrogen and oxygen atoms in total. The number of benzene rings is 3. The second-order valence-electron chi connectivity index (χ2n) is 12.5. The van der Waals surface area contributed by atoms with E-state index in [1.807, 2.05) is 69.8 Å². The fourth-order valence-electron chi connectivity index (χ4n) is 6.04. The molecule has 1 aliphatic heterocycles. The Kier molecular flexibility index (Phi) is 8.28. The Morgan fingerprint density at radius 2 is 1.84 bits per heavy atom. The first-order chi connectivity index (χ1) is 20.9. The van der Waals surface area contributed by atoms with Crippen LogP contribution in [0, 0.1) is 6.92 Å². The summed E-state index contributed by atoms with van der Waals surface area (Å²) in [6.07, 6.45) is -1.16. The lowest BCUT2D eigenvalue weighted by Crippen LogP contribution is -2.46. The van der Waals surface area contributed by atoms with Gasteiger partial charge in [-0.2, -0.15) is 5.10 Å². The zero-order valence-corrected chi connectivity index (χ0v) is 27.4. The number of halogens is 1. The van der Waals surface area contributed by atoms with Crippen LogP contribution in [0.25, 0.3) is 42.8 Å². The molecule has 2 aromatic heterocycles. The van der Waals surface area contributed by atoms with Gasteiger partial charge in [0.05, 0.1) is 33.6 Å². The van der Waals surface area contributed by atoms with Crippen LogP contribution in [0.15, 0.2) is 48.5 Å². The van der Waals surface area contributed by atoms with Crippen LogP contribution in [0.3, 0.4) is 0 Å². The number of carbonyl (C=O) groups is 1. The number of aromatic nitrogens is 3. The smallest absolute Gasteiger partial charge is 0.337 e. The van der Waals surface area contributed by atoms with Gasteiger partial charge < -0.3 is 14.6 Å². The maximum atomic E-state index is 12.7. The first-order valence-electron chi connectivity index (χ1n) is 14.7. The molecule has 0 spiro atoms. The van der Waals surface area contributed by atoms with Gasteiger partial charge in [0, 0.05) is 66.8 Å². The second-order valence-corrected chi connectivity index (χ2v) is 13.9. The average Bonchev–Trinajstić information content (AvgIpc) is 3.51. The molecule has 3 aromatic carbocycles. The van der Waals surface area contributed by atoms with Gasteiger partial charge in [-0.05, 0) is 75.2 Å². The third-order valence-corrected chi connectivity index (χ3v) is 9.49. The molecule has 1 N–H and O–H groups in total. The first-order valence-corrected chi connectivity index (χ1v) is 15.9. The lowest BCUT2D eigenvalue weighted by Gasteiger charge is -2.38. The molecule has 5 aromatic rings.